The molecule has 1 unspecified atom stereocenters. The van der Waals surface area contributed by atoms with Crippen LogP contribution in [0.3, 0.4) is 0 Å². The van der Waals surface area contributed by atoms with Crippen LogP contribution in [0.15, 0.2) is 34.9 Å². The quantitative estimate of drug-likeness (QED) is 0.879. The summed E-state index contributed by atoms with van der Waals surface area (Å²) >= 11 is 6.13. The topological polar surface area (TPSA) is 86.8 Å². The molecule has 2 N–H and O–H groups in total. The van der Waals surface area contributed by atoms with Gasteiger partial charge in [-0.15, -0.1) is 0 Å². The number of hydrogen-bond acceptors (Lipinski definition) is 5. The Morgan fingerprint density at radius 1 is 1.42 bits per heavy atom. The molecule has 7 heteroatoms. The Bertz CT molecular complexity index is 733. The maximum atomic E-state index is 12.4. The normalized spacial score (nSPS) is 21.0. The fourth-order valence-corrected chi connectivity index (χ4v) is 3.13. The van der Waals surface area contributed by atoms with Gasteiger partial charge in [0.05, 0.1) is 30.3 Å². The van der Waals surface area contributed by atoms with Gasteiger partial charge in [0.2, 0.25) is 5.91 Å². The first-order chi connectivity index (χ1) is 11.5. The van der Waals surface area contributed by atoms with Crippen LogP contribution in [0.25, 0.3) is 11.3 Å². The van der Waals surface area contributed by atoms with Crippen molar-refractivity contribution in [3.63, 3.8) is 0 Å². The van der Waals surface area contributed by atoms with Crippen LogP contribution >= 0.6 is 11.6 Å². The Labute approximate surface area is 144 Å². The van der Waals surface area contributed by atoms with Crippen molar-refractivity contribution in [1.82, 2.24) is 10.1 Å². The molecule has 2 heterocycles. The molecule has 0 saturated carbocycles. The van der Waals surface area contributed by atoms with E-state index in [0.717, 1.165) is 5.56 Å². The van der Waals surface area contributed by atoms with Crippen molar-refractivity contribution < 1.29 is 19.5 Å². The summed E-state index contributed by atoms with van der Waals surface area (Å²) in [4.78, 5) is 14.0. The standard InChI is InChI=1S/C17H19ClN2O4/c18-14-5-2-1-4-13(14)15-8-12(19-24-15)9-16(22)20-7-3-6-17(23,10-20)11-21/h1-2,4-5,8,21,23H,3,6-7,9-11H2. The van der Waals surface area contributed by atoms with Crippen molar-refractivity contribution in [2.45, 2.75) is 24.9 Å². The van der Waals surface area contributed by atoms with Crippen LogP contribution in [0.2, 0.25) is 5.02 Å². The third-order valence-electron chi connectivity index (χ3n) is 4.23. The number of aliphatic hydroxyl groups excluding tert-OH is 1. The molecule has 0 aliphatic carbocycles. The van der Waals surface area contributed by atoms with E-state index in [1.807, 2.05) is 18.2 Å². The summed E-state index contributed by atoms with van der Waals surface area (Å²) < 4.78 is 5.29. The van der Waals surface area contributed by atoms with E-state index in [2.05, 4.69) is 5.16 Å². The molecule has 0 spiro atoms. The number of aliphatic hydroxyl groups is 2. The van der Waals surface area contributed by atoms with E-state index in [0.29, 0.717) is 35.9 Å². The predicted octanol–water partition coefficient (Wildman–Crippen LogP) is 1.88. The molecule has 0 bridgehead atoms. The number of β-amino-alcohol motifs (C(OH)–C–C–N with tert-alkyl or cyclic N) is 1. The molecule has 1 saturated heterocycles. The highest BCUT2D eigenvalue weighted by molar-refractivity contribution is 6.33. The van der Waals surface area contributed by atoms with Crippen LogP contribution in [0, 0.1) is 0 Å². The maximum Gasteiger partial charge on any atom is 0.228 e. The van der Waals surface area contributed by atoms with Gasteiger partial charge in [-0.05, 0) is 25.0 Å². The molecule has 24 heavy (non-hydrogen) atoms. The predicted molar refractivity (Wildman–Crippen MR) is 88.5 cm³/mol. The Morgan fingerprint density at radius 3 is 2.96 bits per heavy atom. The molecule has 1 aliphatic heterocycles. The zero-order chi connectivity index (χ0) is 17.2. The maximum absolute atomic E-state index is 12.4. The smallest absolute Gasteiger partial charge is 0.228 e. The van der Waals surface area contributed by atoms with Gasteiger partial charge in [-0.3, -0.25) is 4.79 Å². The van der Waals surface area contributed by atoms with Crippen molar-refractivity contribution in [2.24, 2.45) is 0 Å². The van der Waals surface area contributed by atoms with Crippen LogP contribution in [0.1, 0.15) is 18.5 Å². The number of amides is 1. The number of hydrogen-bond donors (Lipinski definition) is 2. The van der Waals surface area contributed by atoms with Crippen LogP contribution < -0.4 is 0 Å². The van der Waals surface area contributed by atoms with Crippen molar-refractivity contribution >= 4 is 17.5 Å². The minimum atomic E-state index is -1.21. The summed E-state index contributed by atoms with van der Waals surface area (Å²) in [5.41, 5.74) is 0.0199. The number of aromatic nitrogens is 1. The Hall–Kier alpha value is -1.89. The second-order valence-corrected chi connectivity index (χ2v) is 6.55. The molecule has 3 rings (SSSR count). The summed E-state index contributed by atoms with van der Waals surface area (Å²) in [5.74, 6) is 0.356. The van der Waals surface area contributed by atoms with E-state index in [1.165, 1.54) is 0 Å². The summed E-state index contributed by atoms with van der Waals surface area (Å²) in [7, 11) is 0. The van der Waals surface area contributed by atoms with Crippen LogP contribution in [-0.4, -0.2) is 51.5 Å². The number of halogens is 1. The molecule has 0 radical (unpaired) electrons. The molecular weight excluding hydrogens is 332 g/mol. The summed E-state index contributed by atoms with van der Waals surface area (Å²) in [6.07, 6.45) is 1.23. The number of benzene rings is 1. The fraction of sp³-hybridized carbons (Fsp3) is 0.412. The summed E-state index contributed by atoms with van der Waals surface area (Å²) in [6, 6.07) is 8.94. The Balaban J connectivity index is 1.69. The fourth-order valence-electron chi connectivity index (χ4n) is 2.90. The van der Waals surface area contributed by atoms with Gasteiger partial charge in [-0.2, -0.15) is 0 Å². The third-order valence-corrected chi connectivity index (χ3v) is 4.56. The number of carbonyl (C=O) groups is 1. The Kier molecular flexibility index (Phi) is 4.89. The van der Waals surface area contributed by atoms with Gasteiger partial charge in [0.25, 0.3) is 0 Å². The van der Waals surface area contributed by atoms with Gasteiger partial charge in [0, 0.05) is 18.2 Å². The lowest BCUT2D eigenvalue weighted by atomic mass is 9.93. The minimum absolute atomic E-state index is 0.0788. The van der Waals surface area contributed by atoms with E-state index < -0.39 is 5.60 Å². The van der Waals surface area contributed by atoms with E-state index in [9.17, 15) is 15.0 Å². The van der Waals surface area contributed by atoms with Gasteiger partial charge in [0.1, 0.15) is 5.60 Å². The van der Waals surface area contributed by atoms with Crippen molar-refractivity contribution in [3.05, 3.63) is 41.0 Å². The van der Waals surface area contributed by atoms with Gasteiger partial charge in [-0.1, -0.05) is 28.9 Å². The van der Waals surface area contributed by atoms with Gasteiger partial charge < -0.3 is 19.6 Å². The highest BCUT2D eigenvalue weighted by Crippen LogP contribution is 2.28. The van der Waals surface area contributed by atoms with Gasteiger partial charge in [-0.25, -0.2) is 0 Å². The van der Waals surface area contributed by atoms with Crippen molar-refractivity contribution in [2.75, 3.05) is 19.7 Å². The van der Waals surface area contributed by atoms with E-state index in [4.69, 9.17) is 16.1 Å². The summed E-state index contributed by atoms with van der Waals surface area (Å²) in [5, 5.41) is 23.9. The first kappa shape index (κ1) is 17.0. The van der Waals surface area contributed by atoms with E-state index in [-0.39, 0.29) is 25.5 Å². The third kappa shape index (κ3) is 3.61. The van der Waals surface area contributed by atoms with Gasteiger partial charge in [0.15, 0.2) is 5.76 Å². The molecule has 1 amide bonds. The van der Waals surface area contributed by atoms with Crippen LogP contribution in [-0.2, 0) is 11.2 Å². The number of piperidine rings is 1. The highest BCUT2D eigenvalue weighted by atomic mass is 35.5. The molecule has 6 nitrogen and oxygen atoms in total. The van der Waals surface area contributed by atoms with Crippen LogP contribution in [0.5, 0.6) is 0 Å². The molecule has 2 aromatic rings. The second-order valence-electron chi connectivity index (χ2n) is 6.14. The number of likely N-dealkylation sites (tertiary alicyclic amines) is 1. The SMILES string of the molecule is O=C(Cc1cc(-c2ccccc2Cl)on1)N1CCCC(O)(CO)C1. The molecule has 1 aromatic carbocycles. The van der Waals surface area contributed by atoms with E-state index in [1.54, 1.807) is 17.0 Å². The molecule has 128 valence electrons. The monoisotopic (exact) mass is 350 g/mol. The molecule has 1 atom stereocenters. The highest BCUT2D eigenvalue weighted by Gasteiger charge is 2.34. The zero-order valence-corrected chi connectivity index (χ0v) is 13.9. The second kappa shape index (κ2) is 6.93. The van der Waals surface area contributed by atoms with Crippen LogP contribution in [0.4, 0.5) is 0 Å². The molecule has 1 fully saturated rings. The first-order valence-corrected chi connectivity index (χ1v) is 8.20. The minimum Gasteiger partial charge on any atom is -0.393 e. The number of rotatable bonds is 4. The van der Waals surface area contributed by atoms with E-state index >= 15 is 0 Å². The lowest BCUT2D eigenvalue weighted by Gasteiger charge is -2.38. The lowest BCUT2D eigenvalue weighted by Crippen LogP contribution is -2.52. The largest absolute Gasteiger partial charge is 0.393 e. The van der Waals surface area contributed by atoms with Crippen molar-refractivity contribution in [1.29, 1.82) is 0 Å². The van der Waals surface area contributed by atoms with Gasteiger partial charge >= 0.3 is 0 Å². The molecule has 1 aromatic heterocycles. The average Bonchev–Trinajstić information content (AvgIpc) is 3.03. The first-order valence-electron chi connectivity index (χ1n) is 7.82. The summed E-state index contributed by atoms with van der Waals surface area (Å²) in [6.45, 7) is 0.352. The Morgan fingerprint density at radius 2 is 2.21 bits per heavy atom. The van der Waals surface area contributed by atoms with Crippen molar-refractivity contribution in [3.8, 4) is 11.3 Å². The number of carbonyl (C=O) groups excluding carboxylic acids is 1. The average molecular weight is 351 g/mol. The molecular formula is C17H19ClN2O4. The number of nitrogens with zero attached hydrogens (tertiary/aromatic N) is 2. The lowest BCUT2D eigenvalue weighted by molar-refractivity contribution is -0.140. The molecule has 1 aliphatic rings. The zero-order valence-electron chi connectivity index (χ0n) is 13.1.